The first kappa shape index (κ1) is 16.5. The summed E-state index contributed by atoms with van der Waals surface area (Å²) in [6.45, 7) is 1.64. The van der Waals surface area contributed by atoms with E-state index >= 15 is 0 Å². The van der Waals surface area contributed by atoms with Crippen LogP contribution < -0.4 is 0 Å². The van der Waals surface area contributed by atoms with Gasteiger partial charge >= 0.3 is 12.0 Å². The van der Waals surface area contributed by atoms with Gasteiger partial charge in [0.2, 0.25) is 0 Å². The van der Waals surface area contributed by atoms with E-state index in [9.17, 15) is 19.7 Å². The Kier molecular flexibility index (Phi) is 4.35. The number of nitrogens with zero attached hydrogens (tertiary/aromatic N) is 3. The second-order valence-electron chi connectivity index (χ2n) is 5.20. The number of hydrogen-bond acceptors (Lipinski definition) is 5. The molecule has 0 saturated carbocycles. The number of benzene rings is 1. The number of hydrogen-bond donors (Lipinski definition) is 0. The first-order valence-corrected chi connectivity index (χ1v) is 6.83. The molecule has 0 aromatic heterocycles. The molecule has 0 spiro atoms. The number of carbonyl (C=O) groups is 2. The van der Waals surface area contributed by atoms with Crippen LogP contribution in [0.1, 0.15) is 18.5 Å². The van der Waals surface area contributed by atoms with Gasteiger partial charge in [0.05, 0.1) is 23.6 Å². The Labute approximate surface area is 133 Å². The number of esters is 1. The van der Waals surface area contributed by atoms with Gasteiger partial charge in [0.25, 0.3) is 5.69 Å². The van der Waals surface area contributed by atoms with Gasteiger partial charge in [-0.05, 0) is 12.5 Å². The second kappa shape index (κ2) is 6.07. The normalized spacial score (nSPS) is 18.3. The van der Waals surface area contributed by atoms with Crippen LogP contribution in [0.25, 0.3) is 0 Å². The Bertz CT molecular complexity index is 713. The van der Waals surface area contributed by atoms with Crippen LogP contribution in [-0.4, -0.2) is 47.9 Å². The van der Waals surface area contributed by atoms with Gasteiger partial charge in [-0.25, -0.2) is 9.59 Å². The van der Waals surface area contributed by atoms with Gasteiger partial charge in [-0.2, -0.15) is 0 Å². The number of methoxy groups -OCH3 is 1. The summed E-state index contributed by atoms with van der Waals surface area (Å²) in [4.78, 5) is 37.7. The fraction of sp³-hybridized carbons (Fsp3) is 0.333. The van der Waals surface area contributed by atoms with Crippen molar-refractivity contribution in [3.05, 3.63) is 51.2 Å². The predicted octanol–water partition coefficient (Wildman–Crippen LogP) is 2.08. The lowest BCUT2D eigenvalue weighted by atomic mass is 9.93. The van der Waals surface area contributed by atoms with Crippen LogP contribution in [0.5, 0.6) is 0 Å². The smallest absolute Gasteiger partial charge is 0.337 e. The third kappa shape index (κ3) is 2.75. The van der Waals surface area contributed by atoms with E-state index in [2.05, 4.69) is 0 Å². The molecule has 2 amide bonds. The fourth-order valence-electron chi connectivity index (χ4n) is 2.63. The predicted molar refractivity (Wildman–Crippen MR) is 81.5 cm³/mol. The molecule has 0 bridgehead atoms. The number of amides is 2. The molecule has 1 aliphatic heterocycles. The summed E-state index contributed by atoms with van der Waals surface area (Å²) in [6, 6.07) is 4.82. The molecule has 1 aliphatic rings. The molecular weight excluding hydrogens is 302 g/mol. The van der Waals surface area contributed by atoms with Crippen molar-refractivity contribution in [2.75, 3.05) is 21.2 Å². The Morgan fingerprint density at radius 1 is 1.35 bits per heavy atom. The van der Waals surface area contributed by atoms with E-state index in [-0.39, 0.29) is 17.3 Å². The summed E-state index contributed by atoms with van der Waals surface area (Å²) in [5.74, 6) is -0.579. The van der Waals surface area contributed by atoms with Gasteiger partial charge in [0.15, 0.2) is 0 Å². The Morgan fingerprint density at radius 2 is 2.00 bits per heavy atom. The minimum absolute atomic E-state index is 0.107. The van der Waals surface area contributed by atoms with Gasteiger partial charge in [-0.3, -0.25) is 10.1 Å². The van der Waals surface area contributed by atoms with Crippen LogP contribution in [-0.2, 0) is 9.53 Å². The number of ether oxygens (including phenoxy) is 1. The van der Waals surface area contributed by atoms with E-state index < -0.39 is 16.9 Å². The van der Waals surface area contributed by atoms with Crippen molar-refractivity contribution in [1.29, 1.82) is 0 Å². The zero-order valence-electron chi connectivity index (χ0n) is 13.3. The van der Waals surface area contributed by atoms with E-state index in [0.717, 1.165) is 0 Å². The largest absolute Gasteiger partial charge is 0.466 e. The highest BCUT2D eigenvalue weighted by molar-refractivity contribution is 5.94. The number of allylic oxidation sites excluding steroid dienone is 1. The SMILES string of the molecule is COC(=O)C1=C(C)N(C)C(=O)N(C)C1c1cccc([N+](=O)[O-])c1. The summed E-state index contributed by atoms with van der Waals surface area (Å²) in [5.41, 5.74) is 1.10. The highest BCUT2D eigenvalue weighted by atomic mass is 16.6. The molecule has 0 N–H and O–H groups in total. The lowest BCUT2D eigenvalue weighted by Crippen LogP contribution is -2.47. The second-order valence-corrected chi connectivity index (χ2v) is 5.20. The first-order valence-electron chi connectivity index (χ1n) is 6.83. The minimum Gasteiger partial charge on any atom is -0.466 e. The van der Waals surface area contributed by atoms with Gasteiger partial charge in [0.1, 0.15) is 0 Å². The van der Waals surface area contributed by atoms with Gasteiger partial charge in [-0.1, -0.05) is 12.1 Å². The molecule has 23 heavy (non-hydrogen) atoms. The highest BCUT2D eigenvalue weighted by Gasteiger charge is 2.39. The van der Waals surface area contributed by atoms with Crippen molar-refractivity contribution >= 4 is 17.7 Å². The molecule has 1 aromatic rings. The lowest BCUT2D eigenvalue weighted by Gasteiger charge is -2.39. The maximum atomic E-state index is 12.3. The molecule has 2 rings (SSSR count). The van der Waals surface area contributed by atoms with Crippen LogP contribution in [0.3, 0.4) is 0 Å². The van der Waals surface area contributed by atoms with Crippen molar-refractivity contribution in [2.24, 2.45) is 0 Å². The third-order valence-corrected chi connectivity index (χ3v) is 3.94. The van der Waals surface area contributed by atoms with Crippen molar-refractivity contribution in [1.82, 2.24) is 9.80 Å². The molecule has 1 unspecified atom stereocenters. The summed E-state index contributed by atoms with van der Waals surface area (Å²) >= 11 is 0. The van der Waals surface area contributed by atoms with E-state index in [1.54, 1.807) is 20.0 Å². The van der Waals surface area contributed by atoms with Crippen molar-refractivity contribution in [3.8, 4) is 0 Å². The molecule has 0 fully saturated rings. The number of urea groups is 1. The third-order valence-electron chi connectivity index (χ3n) is 3.94. The summed E-state index contributed by atoms with van der Waals surface area (Å²) < 4.78 is 4.83. The summed E-state index contributed by atoms with van der Waals surface area (Å²) in [7, 11) is 4.35. The number of non-ortho nitro benzene ring substituents is 1. The van der Waals surface area contributed by atoms with Crippen LogP contribution >= 0.6 is 0 Å². The monoisotopic (exact) mass is 319 g/mol. The van der Waals surface area contributed by atoms with E-state index in [1.165, 1.54) is 42.2 Å². The lowest BCUT2D eigenvalue weighted by molar-refractivity contribution is -0.384. The Balaban J connectivity index is 2.65. The first-order chi connectivity index (χ1) is 10.8. The van der Waals surface area contributed by atoms with Gasteiger partial charge in [-0.15, -0.1) is 0 Å². The van der Waals surface area contributed by atoms with E-state index in [0.29, 0.717) is 11.3 Å². The van der Waals surface area contributed by atoms with Gasteiger partial charge < -0.3 is 14.5 Å². The topological polar surface area (TPSA) is 93.0 Å². The Hall–Kier alpha value is -2.90. The molecule has 0 radical (unpaired) electrons. The number of rotatable bonds is 3. The number of likely N-dealkylation sites (N-methyl/N-ethyl adjacent to an activating group) is 1. The van der Waals surface area contributed by atoms with Crippen molar-refractivity contribution < 1.29 is 19.2 Å². The van der Waals surface area contributed by atoms with E-state index in [1.807, 2.05) is 0 Å². The average molecular weight is 319 g/mol. The zero-order valence-corrected chi connectivity index (χ0v) is 13.3. The number of nitro groups is 1. The maximum Gasteiger partial charge on any atom is 0.337 e. The standard InChI is InChI=1S/C15H17N3O5/c1-9-12(14(19)23-4)13(17(3)15(20)16(9)2)10-6-5-7-11(8-10)18(21)22/h5-8,13H,1-4H3. The molecule has 1 heterocycles. The van der Waals surface area contributed by atoms with Crippen LogP contribution in [0.15, 0.2) is 35.5 Å². The molecule has 8 nitrogen and oxygen atoms in total. The molecule has 122 valence electrons. The Morgan fingerprint density at radius 3 is 2.57 bits per heavy atom. The molecule has 1 aromatic carbocycles. The fourth-order valence-corrected chi connectivity index (χ4v) is 2.63. The quantitative estimate of drug-likeness (QED) is 0.483. The van der Waals surface area contributed by atoms with Crippen molar-refractivity contribution in [3.63, 3.8) is 0 Å². The van der Waals surface area contributed by atoms with E-state index in [4.69, 9.17) is 4.74 Å². The van der Waals surface area contributed by atoms with Crippen molar-refractivity contribution in [2.45, 2.75) is 13.0 Å². The number of carbonyl (C=O) groups excluding carboxylic acids is 2. The molecule has 8 heteroatoms. The van der Waals surface area contributed by atoms with Crippen LogP contribution in [0.4, 0.5) is 10.5 Å². The average Bonchev–Trinajstić information content (AvgIpc) is 2.55. The summed E-state index contributed by atoms with van der Waals surface area (Å²) in [5, 5.41) is 11.0. The molecule has 1 atom stereocenters. The summed E-state index contributed by atoms with van der Waals surface area (Å²) in [6.07, 6.45) is 0. The highest BCUT2D eigenvalue weighted by Crippen LogP contribution is 2.37. The van der Waals surface area contributed by atoms with Gasteiger partial charge in [0, 0.05) is 31.9 Å². The maximum absolute atomic E-state index is 12.3. The minimum atomic E-state index is -0.744. The molecule has 0 saturated heterocycles. The molecule has 0 aliphatic carbocycles. The van der Waals surface area contributed by atoms with Crippen LogP contribution in [0, 0.1) is 10.1 Å². The molecular formula is C15H17N3O5. The number of nitro benzene ring substituents is 1. The zero-order chi connectivity index (χ0) is 17.3. The van der Waals surface area contributed by atoms with Crippen LogP contribution in [0.2, 0.25) is 0 Å².